The van der Waals surface area contributed by atoms with Gasteiger partial charge in [0, 0.05) is 5.56 Å². The molecule has 5 N–H and O–H groups in total. The molecule has 36 heavy (non-hydrogen) atoms. The Morgan fingerprint density at radius 1 is 1.11 bits per heavy atom. The zero-order valence-electron chi connectivity index (χ0n) is 18.4. The highest BCUT2D eigenvalue weighted by Gasteiger charge is 2.29. The van der Waals surface area contributed by atoms with E-state index in [1.807, 2.05) is 0 Å². The number of fused-ring (bicyclic) bond motifs is 1. The van der Waals surface area contributed by atoms with Gasteiger partial charge in [0.2, 0.25) is 5.75 Å². The number of rotatable bonds is 5. The van der Waals surface area contributed by atoms with Crippen molar-refractivity contribution in [1.82, 2.24) is 30.0 Å². The van der Waals surface area contributed by atoms with E-state index in [0.717, 1.165) is 6.20 Å². The number of amides is 1. The molecule has 3 heterocycles. The molecule has 4 rings (SSSR count). The van der Waals surface area contributed by atoms with Gasteiger partial charge in [-0.05, 0) is 18.6 Å². The molecule has 15 heteroatoms. The smallest absolute Gasteiger partial charge is 0.402 e. The number of anilines is 2. The van der Waals surface area contributed by atoms with Gasteiger partial charge in [0.25, 0.3) is 0 Å². The number of carbonyl (C=O) groups is 1. The molecule has 4 aromatic rings. The summed E-state index contributed by atoms with van der Waals surface area (Å²) < 4.78 is 71.5. The Kier molecular flexibility index (Phi) is 6.30. The van der Waals surface area contributed by atoms with E-state index in [-0.39, 0.29) is 40.2 Å². The van der Waals surface area contributed by atoms with Crippen LogP contribution >= 0.6 is 0 Å². The van der Waals surface area contributed by atoms with E-state index in [9.17, 15) is 26.7 Å². The molecule has 188 valence electrons. The average Bonchev–Trinajstić information content (AvgIpc) is 3.17. The maximum absolute atomic E-state index is 14.4. The van der Waals surface area contributed by atoms with Gasteiger partial charge in [0.1, 0.15) is 23.9 Å². The number of nitrogens with one attached hydrogen (secondary N) is 1. The van der Waals surface area contributed by atoms with Crippen molar-refractivity contribution >= 4 is 28.8 Å². The Labute approximate surface area is 199 Å². The SMILES string of the molecule is Cc1c(F)cnc2c1c(-c1nc(N)c(OC(=O)NCC(F)(F)F)c(N)n1)nn2Cc1ccccc1F. The van der Waals surface area contributed by atoms with Gasteiger partial charge in [0.15, 0.2) is 23.1 Å². The van der Waals surface area contributed by atoms with Gasteiger partial charge in [-0.15, -0.1) is 0 Å². The van der Waals surface area contributed by atoms with Crippen molar-refractivity contribution in [3.63, 3.8) is 0 Å². The molecule has 3 aromatic heterocycles. The van der Waals surface area contributed by atoms with E-state index in [2.05, 4.69) is 20.1 Å². The fourth-order valence-corrected chi connectivity index (χ4v) is 3.32. The summed E-state index contributed by atoms with van der Waals surface area (Å²) in [4.78, 5) is 23.7. The number of benzene rings is 1. The van der Waals surface area contributed by atoms with Crippen LogP contribution in [-0.4, -0.2) is 43.5 Å². The molecule has 0 aliphatic rings. The Balaban J connectivity index is 1.75. The van der Waals surface area contributed by atoms with Crippen LogP contribution in [0.5, 0.6) is 5.75 Å². The molecule has 1 amide bonds. The normalized spacial score (nSPS) is 11.6. The number of pyridine rings is 1. The summed E-state index contributed by atoms with van der Waals surface area (Å²) in [6.07, 6.45) is -5.16. The lowest BCUT2D eigenvalue weighted by Gasteiger charge is -2.12. The largest absolute Gasteiger partial charge is 0.413 e. The van der Waals surface area contributed by atoms with E-state index in [1.54, 1.807) is 12.1 Å². The summed E-state index contributed by atoms with van der Waals surface area (Å²) in [6, 6.07) is 5.98. The third-order valence-electron chi connectivity index (χ3n) is 4.99. The minimum atomic E-state index is -4.67. The molecule has 1 aromatic carbocycles. The van der Waals surface area contributed by atoms with Crippen molar-refractivity contribution in [3.05, 3.63) is 53.2 Å². The number of ether oxygens (including phenoxy) is 1. The van der Waals surface area contributed by atoms with Gasteiger partial charge in [0.05, 0.1) is 18.1 Å². The van der Waals surface area contributed by atoms with Gasteiger partial charge in [-0.1, -0.05) is 18.2 Å². The number of hydrogen-bond acceptors (Lipinski definition) is 8. The predicted octanol–water partition coefficient (Wildman–Crippen LogP) is 3.34. The lowest BCUT2D eigenvalue weighted by atomic mass is 10.1. The molecule has 0 radical (unpaired) electrons. The molecule has 0 spiro atoms. The monoisotopic (exact) mass is 508 g/mol. The standard InChI is InChI=1S/C21H17F5N8O2/c1-9-12(23)6-29-19-13(9)14(33-34(19)7-10-4-2-3-5-11(10)22)18-31-16(27)15(17(28)32-18)36-20(35)30-8-21(24,25)26/h2-6H,7-8H2,1H3,(H,30,35)(H4,27,28,31,32). The second kappa shape index (κ2) is 9.24. The maximum atomic E-state index is 14.4. The van der Waals surface area contributed by atoms with Crippen LogP contribution in [0.25, 0.3) is 22.6 Å². The molecule has 10 nitrogen and oxygen atoms in total. The number of nitrogens with zero attached hydrogens (tertiary/aromatic N) is 5. The zero-order chi connectivity index (χ0) is 26.2. The van der Waals surface area contributed by atoms with E-state index in [4.69, 9.17) is 16.2 Å². The molecule has 0 saturated heterocycles. The Morgan fingerprint density at radius 3 is 2.42 bits per heavy atom. The van der Waals surface area contributed by atoms with Gasteiger partial charge >= 0.3 is 12.3 Å². The Bertz CT molecular complexity index is 1450. The second-order valence-corrected chi connectivity index (χ2v) is 7.53. The van der Waals surface area contributed by atoms with Crippen molar-refractivity contribution < 1.29 is 31.5 Å². The number of carbonyl (C=O) groups excluding carboxylic acids is 1. The third-order valence-corrected chi connectivity index (χ3v) is 4.99. The summed E-state index contributed by atoms with van der Waals surface area (Å²) in [5, 5.41) is 6.05. The van der Waals surface area contributed by atoms with Gasteiger partial charge in [-0.25, -0.2) is 33.2 Å². The average molecular weight is 508 g/mol. The quantitative estimate of drug-likeness (QED) is 0.348. The van der Waals surface area contributed by atoms with E-state index >= 15 is 0 Å². The van der Waals surface area contributed by atoms with Crippen LogP contribution < -0.4 is 21.5 Å². The first kappa shape index (κ1) is 24.6. The van der Waals surface area contributed by atoms with E-state index in [1.165, 1.54) is 29.1 Å². The highest BCUT2D eigenvalue weighted by Crippen LogP contribution is 2.33. The molecule has 0 aliphatic heterocycles. The Morgan fingerprint density at radius 2 is 1.78 bits per heavy atom. The number of halogens is 5. The van der Waals surface area contributed by atoms with E-state index in [0.29, 0.717) is 0 Å². The number of hydrogen-bond donors (Lipinski definition) is 3. The first-order valence-electron chi connectivity index (χ1n) is 10.2. The maximum Gasteiger partial charge on any atom is 0.413 e. The molecule has 0 bridgehead atoms. The van der Waals surface area contributed by atoms with Gasteiger partial charge in [-0.2, -0.15) is 18.3 Å². The second-order valence-electron chi connectivity index (χ2n) is 7.53. The predicted molar refractivity (Wildman–Crippen MR) is 118 cm³/mol. The number of aryl methyl sites for hydroxylation is 1. The Hall–Kier alpha value is -4.56. The zero-order valence-corrected chi connectivity index (χ0v) is 18.4. The lowest BCUT2D eigenvalue weighted by Crippen LogP contribution is -2.35. The highest BCUT2D eigenvalue weighted by atomic mass is 19.4. The van der Waals surface area contributed by atoms with Crippen molar-refractivity contribution in [2.45, 2.75) is 19.6 Å². The summed E-state index contributed by atoms with van der Waals surface area (Å²) in [5.74, 6) is -2.90. The summed E-state index contributed by atoms with van der Waals surface area (Å²) >= 11 is 0. The number of aromatic nitrogens is 5. The first-order valence-corrected chi connectivity index (χ1v) is 10.2. The van der Waals surface area contributed by atoms with Gasteiger partial charge in [-0.3, -0.25) is 0 Å². The van der Waals surface area contributed by atoms with Crippen LogP contribution in [-0.2, 0) is 6.54 Å². The minimum Gasteiger partial charge on any atom is -0.402 e. The van der Waals surface area contributed by atoms with Crippen LogP contribution in [0.15, 0.2) is 30.5 Å². The highest BCUT2D eigenvalue weighted by molar-refractivity contribution is 5.92. The van der Waals surface area contributed by atoms with E-state index < -0.39 is 47.8 Å². The summed E-state index contributed by atoms with van der Waals surface area (Å²) in [6.45, 7) is -0.242. The van der Waals surface area contributed by atoms with Crippen LogP contribution in [0.2, 0.25) is 0 Å². The number of nitrogen functional groups attached to an aromatic ring is 2. The van der Waals surface area contributed by atoms with Crippen LogP contribution in [0, 0.1) is 18.6 Å². The topological polar surface area (TPSA) is 147 Å². The van der Waals surface area contributed by atoms with Crippen molar-refractivity contribution in [2.75, 3.05) is 18.0 Å². The van der Waals surface area contributed by atoms with Crippen molar-refractivity contribution in [1.29, 1.82) is 0 Å². The number of nitrogens with two attached hydrogens (primary N) is 2. The number of alkyl halides is 3. The summed E-state index contributed by atoms with van der Waals surface area (Å²) in [7, 11) is 0. The first-order chi connectivity index (χ1) is 16.9. The fourth-order valence-electron chi connectivity index (χ4n) is 3.32. The molecular weight excluding hydrogens is 491 g/mol. The van der Waals surface area contributed by atoms with Crippen LogP contribution in [0.1, 0.15) is 11.1 Å². The summed E-state index contributed by atoms with van der Waals surface area (Å²) in [5.41, 5.74) is 12.3. The molecular formula is C21H17F5N8O2. The molecule has 0 unspecified atom stereocenters. The van der Waals surface area contributed by atoms with Gasteiger partial charge < -0.3 is 21.5 Å². The van der Waals surface area contributed by atoms with Crippen molar-refractivity contribution in [3.8, 4) is 17.3 Å². The molecule has 0 fully saturated rings. The molecule has 0 saturated carbocycles. The van der Waals surface area contributed by atoms with Crippen LogP contribution in [0.4, 0.5) is 38.4 Å². The lowest BCUT2D eigenvalue weighted by molar-refractivity contribution is -0.123. The molecule has 0 atom stereocenters. The third kappa shape index (κ3) is 4.94. The fraction of sp³-hybridized carbons (Fsp3) is 0.190. The van der Waals surface area contributed by atoms with Crippen molar-refractivity contribution in [2.24, 2.45) is 0 Å². The van der Waals surface area contributed by atoms with Crippen LogP contribution in [0.3, 0.4) is 0 Å². The minimum absolute atomic E-state index is 0.00249. The molecule has 0 aliphatic carbocycles.